The molecule has 2 nitrogen and oxygen atoms in total. The highest BCUT2D eigenvalue weighted by Gasteiger charge is 2.35. The van der Waals surface area contributed by atoms with Gasteiger partial charge in [0.25, 0.3) is 0 Å². The van der Waals surface area contributed by atoms with Crippen molar-refractivity contribution in [3.63, 3.8) is 0 Å². The maximum absolute atomic E-state index is 6.46. The molecular weight excluding hydrogens is 256 g/mol. The summed E-state index contributed by atoms with van der Waals surface area (Å²) in [6, 6.07) is 0.416. The van der Waals surface area contributed by atoms with Crippen LogP contribution in [-0.2, 0) is 0 Å². The van der Waals surface area contributed by atoms with Gasteiger partial charge in [-0.1, -0.05) is 54.4 Å². The van der Waals surface area contributed by atoms with Crippen LogP contribution in [0, 0.1) is 23.2 Å². The van der Waals surface area contributed by atoms with Crippen molar-refractivity contribution < 1.29 is 0 Å². The zero-order valence-corrected chi connectivity index (χ0v) is 15.5. The molecule has 0 aromatic rings. The molecule has 1 fully saturated rings. The van der Waals surface area contributed by atoms with Crippen molar-refractivity contribution in [3.8, 4) is 0 Å². The minimum absolute atomic E-state index is 0.416. The molecule has 1 saturated carbocycles. The first-order valence-electron chi connectivity index (χ1n) is 9.29. The molecule has 0 saturated heterocycles. The Hall–Kier alpha value is -0.0800. The maximum atomic E-state index is 6.46. The lowest BCUT2D eigenvalue weighted by Crippen LogP contribution is -2.46. The Morgan fingerprint density at radius 3 is 2.19 bits per heavy atom. The van der Waals surface area contributed by atoms with Crippen molar-refractivity contribution in [3.05, 3.63) is 0 Å². The summed E-state index contributed by atoms with van der Waals surface area (Å²) in [6.07, 6.45) is 6.46. The normalized spacial score (nSPS) is 27.6. The van der Waals surface area contributed by atoms with Crippen LogP contribution in [0.3, 0.4) is 0 Å². The van der Waals surface area contributed by atoms with Gasteiger partial charge in [-0.15, -0.1) is 0 Å². The summed E-state index contributed by atoms with van der Waals surface area (Å²) in [4.78, 5) is 2.66. The third kappa shape index (κ3) is 5.90. The van der Waals surface area contributed by atoms with Crippen LogP contribution in [0.5, 0.6) is 0 Å². The molecule has 0 bridgehead atoms. The van der Waals surface area contributed by atoms with Gasteiger partial charge < -0.3 is 10.6 Å². The number of nitrogens with two attached hydrogens (primary N) is 1. The summed E-state index contributed by atoms with van der Waals surface area (Å²) in [7, 11) is 0. The van der Waals surface area contributed by atoms with Gasteiger partial charge in [0, 0.05) is 19.1 Å². The third-order valence-corrected chi connectivity index (χ3v) is 5.88. The van der Waals surface area contributed by atoms with E-state index in [1.54, 1.807) is 0 Å². The third-order valence-electron chi connectivity index (χ3n) is 5.88. The van der Waals surface area contributed by atoms with Gasteiger partial charge >= 0.3 is 0 Å². The minimum Gasteiger partial charge on any atom is -0.327 e. The van der Waals surface area contributed by atoms with Crippen LogP contribution in [0.25, 0.3) is 0 Å². The average molecular weight is 297 g/mol. The molecule has 3 atom stereocenters. The van der Waals surface area contributed by atoms with E-state index in [0.717, 1.165) is 11.8 Å². The highest BCUT2D eigenvalue weighted by Crippen LogP contribution is 2.40. The van der Waals surface area contributed by atoms with Crippen LogP contribution < -0.4 is 5.73 Å². The highest BCUT2D eigenvalue weighted by molar-refractivity contribution is 4.89. The van der Waals surface area contributed by atoms with E-state index in [2.05, 4.69) is 46.4 Å². The molecule has 126 valence electrons. The minimum atomic E-state index is 0.416. The van der Waals surface area contributed by atoms with Gasteiger partial charge in [0.1, 0.15) is 0 Å². The van der Waals surface area contributed by atoms with Crippen LogP contribution in [0.4, 0.5) is 0 Å². The van der Waals surface area contributed by atoms with E-state index in [9.17, 15) is 0 Å². The lowest BCUT2D eigenvalue weighted by atomic mass is 9.67. The summed E-state index contributed by atoms with van der Waals surface area (Å²) in [5.41, 5.74) is 6.89. The number of nitrogens with zero attached hydrogens (tertiary/aromatic N) is 1. The molecule has 0 amide bonds. The quantitative estimate of drug-likeness (QED) is 0.747. The fraction of sp³-hybridized carbons (Fsp3) is 1.00. The van der Waals surface area contributed by atoms with Crippen molar-refractivity contribution >= 4 is 0 Å². The average Bonchev–Trinajstić information content (AvgIpc) is 2.44. The van der Waals surface area contributed by atoms with E-state index < -0.39 is 0 Å². The Morgan fingerprint density at radius 1 is 1.10 bits per heavy atom. The summed E-state index contributed by atoms with van der Waals surface area (Å²) < 4.78 is 0. The summed E-state index contributed by atoms with van der Waals surface area (Å²) in [5.74, 6) is 2.38. The van der Waals surface area contributed by atoms with Gasteiger partial charge in [-0.05, 0) is 49.0 Å². The monoisotopic (exact) mass is 296 g/mol. The molecule has 3 unspecified atom stereocenters. The smallest absolute Gasteiger partial charge is 0.00795 e. The molecule has 2 N–H and O–H groups in total. The van der Waals surface area contributed by atoms with Crippen LogP contribution in [-0.4, -0.2) is 30.6 Å². The zero-order chi connectivity index (χ0) is 16.0. The largest absolute Gasteiger partial charge is 0.327 e. The molecule has 0 aliphatic heterocycles. The summed E-state index contributed by atoms with van der Waals surface area (Å²) >= 11 is 0. The summed E-state index contributed by atoms with van der Waals surface area (Å²) in [5, 5.41) is 0. The summed E-state index contributed by atoms with van der Waals surface area (Å²) in [6.45, 7) is 17.8. The second-order valence-electron chi connectivity index (χ2n) is 8.33. The van der Waals surface area contributed by atoms with Gasteiger partial charge in [0.05, 0.1) is 0 Å². The van der Waals surface area contributed by atoms with Crippen molar-refractivity contribution in [2.45, 2.75) is 79.7 Å². The SMILES string of the molecule is CCC(CC)CN(CC)CC1CC(C(C)(C)C)CCC1N. The first-order chi connectivity index (χ1) is 9.81. The van der Waals surface area contributed by atoms with Gasteiger partial charge in [0.15, 0.2) is 0 Å². The van der Waals surface area contributed by atoms with E-state index in [4.69, 9.17) is 5.73 Å². The van der Waals surface area contributed by atoms with Gasteiger partial charge in [-0.25, -0.2) is 0 Å². The van der Waals surface area contributed by atoms with Crippen LogP contribution in [0.15, 0.2) is 0 Å². The molecule has 0 spiro atoms. The zero-order valence-electron chi connectivity index (χ0n) is 15.5. The van der Waals surface area contributed by atoms with Crippen molar-refractivity contribution in [2.24, 2.45) is 28.9 Å². The van der Waals surface area contributed by atoms with Crippen molar-refractivity contribution in [1.29, 1.82) is 0 Å². The molecule has 1 aliphatic carbocycles. The molecule has 0 radical (unpaired) electrons. The Bertz CT molecular complexity index is 278. The predicted molar refractivity (Wildman–Crippen MR) is 94.4 cm³/mol. The molecule has 1 rings (SSSR count). The first kappa shape index (κ1) is 19.0. The van der Waals surface area contributed by atoms with Gasteiger partial charge in [-0.2, -0.15) is 0 Å². The van der Waals surface area contributed by atoms with Crippen molar-refractivity contribution in [1.82, 2.24) is 4.90 Å². The Kier molecular flexibility index (Phi) is 7.70. The number of rotatable bonds is 7. The highest BCUT2D eigenvalue weighted by atomic mass is 15.1. The predicted octanol–water partition coefficient (Wildman–Crippen LogP) is 4.53. The van der Waals surface area contributed by atoms with Crippen molar-refractivity contribution in [2.75, 3.05) is 19.6 Å². The van der Waals surface area contributed by atoms with E-state index in [1.807, 2.05) is 0 Å². The van der Waals surface area contributed by atoms with Gasteiger partial charge in [0.2, 0.25) is 0 Å². The molecule has 21 heavy (non-hydrogen) atoms. The molecule has 0 heterocycles. The first-order valence-corrected chi connectivity index (χ1v) is 9.29. The lowest BCUT2D eigenvalue weighted by Gasteiger charge is -2.42. The maximum Gasteiger partial charge on any atom is 0.00795 e. The van der Waals surface area contributed by atoms with Crippen LogP contribution >= 0.6 is 0 Å². The number of hydrogen-bond donors (Lipinski definition) is 1. The molecule has 2 heteroatoms. The Labute approximate surface area is 133 Å². The number of hydrogen-bond acceptors (Lipinski definition) is 2. The standard InChI is InChI=1S/C19H40N2/c1-7-15(8-2)13-21(9-3)14-16-12-17(19(4,5)6)10-11-18(16)20/h15-18H,7-14,20H2,1-6H3. The van der Waals surface area contributed by atoms with E-state index in [0.29, 0.717) is 17.4 Å². The lowest BCUT2D eigenvalue weighted by molar-refractivity contribution is 0.0946. The Morgan fingerprint density at radius 2 is 1.71 bits per heavy atom. The Balaban J connectivity index is 2.60. The van der Waals surface area contributed by atoms with Gasteiger partial charge in [-0.3, -0.25) is 0 Å². The van der Waals surface area contributed by atoms with E-state index in [-0.39, 0.29) is 0 Å². The molecule has 0 aromatic heterocycles. The fourth-order valence-electron chi connectivity index (χ4n) is 3.86. The molecular formula is C19H40N2. The van der Waals surface area contributed by atoms with E-state index in [1.165, 1.54) is 51.7 Å². The molecule has 0 aromatic carbocycles. The molecule has 1 aliphatic rings. The van der Waals surface area contributed by atoms with Crippen LogP contribution in [0.1, 0.15) is 73.6 Å². The second-order valence-corrected chi connectivity index (χ2v) is 8.33. The van der Waals surface area contributed by atoms with Crippen LogP contribution in [0.2, 0.25) is 0 Å². The van der Waals surface area contributed by atoms with E-state index >= 15 is 0 Å². The fourth-order valence-corrected chi connectivity index (χ4v) is 3.86. The second kappa shape index (κ2) is 8.53. The topological polar surface area (TPSA) is 29.3 Å².